The number of ether oxygens (including phenoxy) is 1. The van der Waals surface area contributed by atoms with Crippen molar-refractivity contribution in [3.8, 4) is 6.07 Å². The Kier molecular flexibility index (Phi) is 3.42. The first-order valence-corrected chi connectivity index (χ1v) is 5.50. The van der Waals surface area contributed by atoms with Gasteiger partial charge in [0.2, 0.25) is 0 Å². The van der Waals surface area contributed by atoms with Crippen molar-refractivity contribution in [1.29, 1.82) is 5.26 Å². The van der Waals surface area contributed by atoms with E-state index in [4.69, 9.17) is 10.00 Å². The molecule has 0 bridgehead atoms. The SMILES string of the molecule is C=COCCc1ccc(C#N)c2ccccc12. The third-order valence-corrected chi connectivity index (χ3v) is 2.74. The standard InChI is InChI=1S/C15H13NO/c1-2-17-10-9-12-7-8-13(11-16)15-6-4-3-5-14(12)15/h2-8H,1,9-10H2. The maximum Gasteiger partial charge on any atom is 0.0998 e. The fourth-order valence-corrected chi connectivity index (χ4v) is 1.93. The molecule has 2 heteroatoms. The third-order valence-electron chi connectivity index (χ3n) is 2.74. The highest BCUT2D eigenvalue weighted by Crippen LogP contribution is 2.22. The number of hydrogen-bond donors (Lipinski definition) is 0. The molecule has 0 N–H and O–H groups in total. The van der Waals surface area contributed by atoms with Gasteiger partial charge in [-0.15, -0.1) is 0 Å². The van der Waals surface area contributed by atoms with Crippen LogP contribution in [0.15, 0.2) is 49.2 Å². The van der Waals surface area contributed by atoms with Crippen LogP contribution in [0.3, 0.4) is 0 Å². The minimum Gasteiger partial charge on any atom is -0.501 e. The first-order chi connectivity index (χ1) is 8.36. The van der Waals surface area contributed by atoms with Crippen molar-refractivity contribution in [3.05, 3.63) is 60.4 Å². The molecule has 0 aliphatic heterocycles. The molecule has 0 spiro atoms. The van der Waals surface area contributed by atoms with E-state index in [1.165, 1.54) is 11.8 Å². The summed E-state index contributed by atoms with van der Waals surface area (Å²) in [7, 11) is 0. The van der Waals surface area contributed by atoms with E-state index in [1.54, 1.807) is 0 Å². The van der Waals surface area contributed by atoms with Crippen molar-refractivity contribution in [3.63, 3.8) is 0 Å². The second kappa shape index (κ2) is 5.18. The Hall–Kier alpha value is -2.27. The summed E-state index contributed by atoms with van der Waals surface area (Å²) in [6.45, 7) is 4.13. The number of benzene rings is 2. The normalized spacial score (nSPS) is 9.82. The summed E-state index contributed by atoms with van der Waals surface area (Å²) < 4.78 is 5.14. The average molecular weight is 223 g/mol. The Labute approximate surface area is 101 Å². The van der Waals surface area contributed by atoms with Crippen LogP contribution in [0, 0.1) is 11.3 Å². The molecule has 0 aliphatic rings. The molecule has 0 unspecified atom stereocenters. The number of nitriles is 1. The van der Waals surface area contributed by atoms with Crippen molar-refractivity contribution < 1.29 is 4.74 Å². The molecule has 0 fully saturated rings. The molecular formula is C15H13NO. The highest BCUT2D eigenvalue weighted by Gasteiger charge is 2.04. The van der Waals surface area contributed by atoms with E-state index in [0.29, 0.717) is 12.2 Å². The largest absolute Gasteiger partial charge is 0.501 e. The zero-order chi connectivity index (χ0) is 12.1. The topological polar surface area (TPSA) is 33.0 Å². The Morgan fingerprint density at radius 3 is 2.65 bits per heavy atom. The molecule has 0 aromatic heterocycles. The van der Waals surface area contributed by atoms with Gasteiger partial charge in [0.25, 0.3) is 0 Å². The minimum atomic E-state index is 0.611. The van der Waals surface area contributed by atoms with E-state index in [0.717, 1.165) is 17.2 Å². The van der Waals surface area contributed by atoms with Gasteiger partial charge in [0, 0.05) is 6.42 Å². The smallest absolute Gasteiger partial charge is 0.0998 e. The Morgan fingerprint density at radius 2 is 1.94 bits per heavy atom. The maximum absolute atomic E-state index is 9.05. The molecule has 2 aromatic rings. The predicted molar refractivity (Wildman–Crippen MR) is 68.5 cm³/mol. The van der Waals surface area contributed by atoms with Crippen LogP contribution in [0.4, 0.5) is 0 Å². The van der Waals surface area contributed by atoms with Gasteiger partial charge in [-0.3, -0.25) is 0 Å². The molecule has 0 saturated carbocycles. The van der Waals surface area contributed by atoms with Crippen LogP contribution in [0.2, 0.25) is 0 Å². The molecule has 17 heavy (non-hydrogen) atoms. The van der Waals surface area contributed by atoms with Gasteiger partial charge in [-0.1, -0.05) is 36.9 Å². The molecule has 2 aromatic carbocycles. The number of nitrogens with zero attached hydrogens (tertiary/aromatic N) is 1. The van der Waals surface area contributed by atoms with Crippen molar-refractivity contribution in [1.82, 2.24) is 0 Å². The van der Waals surface area contributed by atoms with Crippen LogP contribution in [0.25, 0.3) is 10.8 Å². The lowest BCUT2D eigenvalue weighted by Gasteiger charge is -2.07. The summed E-state index contributed by atoms with van der Waals surface area (Å²) in [6.07, 6.45) is 2.27. The number of fused-ring (bicyclic) bond motifs is 1. The van der Waals surface area contributed by atoms with Crippen molar-refractivity contribution >= 4 is 10.8 Å². The van der Waals surface area contributed by atoms with Crippen LogP contribution in [-0.2, 0) is 11.2 Å². The quantitative estimate of drug-likeness (QED) is 0.587. The van der Waals surface area contributed by atoms with Crippen LogP contribution in [0.1, 0.15) is 11.1 Å². The Balaban J connectivity index is 2.44. The van der Waals surface area contributed by atoms with E-state index < -0.39 is 0 Å². The predicted octanol–water partition coefficient (Wildman–Crippen LogP) is 3.41. The van der Waals surface area contributed by atoms with Gasteiger partial charge in [-0.2, -0.15) is 5.26 Å². The van der Waals surface area contributed by atoms with E-state index in [-0.39, 0.29) is 0 Å². The van der Waals surface area contributed by atoms with Crippen LogP contribution in [0.5, 0.6) is 0 Å². The first-order valence-electron chi connectivity index (χ1n) is 5.50. The number of rotatable bonds is 4. The summed E-state index contributed by atoms with van der Waals surface area (Å²) >= 11 is 0. The van der Waals surface area contributed by atoms with E-state index >= 15 is 0 Å². The maximum atomic E-state index is 9.05. The molecule has 0 heterocycles. The summed E-state index contributed by atoms with van der Waals surface area (Å²) in [5, 5.41) is 11.2. The minimum absolute atomic E-state index is 0.611. The second-order valence-electron chi connectivity index (χ2n) is 3.72. The molecule has 2 rings (SSSR count). The first kappa shape index (κ1) is 11.2. The molecule has 0 saturated heterocycles. The van der Waals surface area contributed by atoms with Gasteiger partial charge in [-0.05, 0) is 22.4 Å². The van der Waals surface area contributed by atoms with E-state index in [1.807, 2.05) is 36.4 Å². The summed E-state index contributed by atoms with van der Waals surface area (Å²) in [5.74, 6) is 0. The fourth-order valence-electron chi connectivity index (χ4n) is 1.93. The molecular weight excluding hydrogens is 210 g/mol. The molecule has 0 amide bonds. The molecule has 84 valence electrons. The van der Waals surface area contributed by atoms with Gasteiger partial charge < -0.3 is 4.74 Å². The number of hydrogen-bond acceptors (Lipinski definition) is 2. The Morgan fingerprint density at radius 1 is 1.18 bits per heavy atom. The average Bonchev–Trinajstić information content (AvgIpc) is 2.39. The third kappa shape index (κ3) is 2.29. The highest BCUT2D eigenvalue weighted by atomic mass is 16.5. The Bertz CT molecular complexity index is 581. The van der Waals surface area contributed by atoms with Crippen molar-refractivity contribution in [2.75, 3.05) is 6.61 Å². The van der Waals surface area contributed by atoms with Crippen LogP contribution in [-0.4, -0.2) is 6.61 Å². The van der Waals surface area contributed by atoms with Gasteiger partial charge in [-0.25, -0.2) is 0 Å². The molecule has 2 nitrogen and oxygen atoms in total. The monoisotopic (exact) mass is 223 g/mol. The summed E-state index contributed by atoms with van der Waals surface area (Å²) in [6, 6.07) is 14.0. The van der Waals surface area contributed by atoms with Gasteiger partial charge >= 0.3 is 0 Å². The lowest BCUT2D eigenvalue weighted by Crippen LogP contribution is -1.95. The van der Waals surface area contributed by atoms with Crippen molar-refractivity contribution in [2.45, 2.75) is 6.42 Å². The van der Waals surface area contributed by atoms with E-state index in [9.17, 15) is 0 Å². The second-order valence-corrected chi connectivity index (χ2v) is 3.72. The zero-order valence-electron chi connectivity index (χ0n) is 9.52. The van der Waals surface area contributed by atoms with Gasteiger partial charge in [0.1, 0.15) is 0 Å². The fraction of sp³-hybridized carbons (Fsp3) is 0.133. The molecule has 0 atom stereocenters. The summed E-state index contributed by atoms with van der Waals surface area (Å²) in [5.41, 5.74) is 1.91. The lowest BCUT2D eigenvalue weighted by molar-refractivity contribution is 0.255. The van der Waals surface area contributed by atoms with Gasteiger partial charge in [0.15, 0.2) is 0 Å². The lowest BCUT2D eigenvalue weighted by atomic mass is 9.98. The van der Waals surface area contributed by atoms with Crippen LogP contribution < -0.4 is 0 Å². The zero-order valence-corrected chi connectivity index (χ0v) is 9.52. The molecule has 0 aliphatic carbocycles. The van der Waals surface area contributed by atoms with E-state index in [2.05, 4.69) is 12.6 Å². The van der Waals surface area contributed by atoms with Crippen molar-refractivity contribution in [2.24, 2.45) is 0 Å². The molecule has 0 radical (unpaired) electrons. The van der Waals surface area contributed by atoms with Crippen LogP contribution >= 0.6 is 0 Å². The highest BCUT2D eigenvalue weighted by molar-refractivity contribution is 5.90. The van der Waals surface area contributed by atoms with Gasteiger partial charge in [0.05, 0.1) is 24.5 Å². The summed E-state index contributed by atoms with van der Waals surface area (Å²) in [4.78, 5) is 0.